The van der Waals surface area contributed by atoms with Gasteiger partial charge < -0.3 is 14.7 Å². The lowest BCUT2D eigenvalue weighted by Gasteiger charge is -2.30. The molecule has 1 aromatic rings. The Balaban J connectivity index is 2.00. The summed E-state index contributed by atoms with van der Waals surface area (Å²) >= 11 is 3.44. The molecule has 1 saturated heterocycles. The summed E-state index contributed by atoms with van der Waals surface area (Å²) in [4.78, 5) is 25.2. The van der Waals surface area contributed by atoms with E-state index in [4.69, 9.17) is 9.84 Å². The van der Waals surface area contributed by atoms with Crippen LogP contribution < -0.4 is 4.74 Å². The Morgan fingerprint density at radius 3 is 2.52 bits per heavy atom. The number of amides is 1. The predicted octanol–water partition coefficient (Wildman–Crippen LogP) is 3.42. The summed E-state index contributed by atoms with van der Waals surface area (Å²) in [6.07, 6.45) is 1.02. The fraction of sp³-hybridized carbons (Fsp3) is 0.529. The van der Waals surface area contributed by atoms with Crippen molar-refractivity contribution in [3.8, 4) is 5.75 Å². The predicted molar refractivity (Wildman–Crippen MR) is 90.7 cm³/mol. The molecule has 0 aliphatic carbocycles. The Bertz CT molecular complexity index is 580. The van der Waals surface area contributed by atoms with E-state index in [2.05, 4.69) is 29.8 Å². The van der Waals surface area contributed by atoms with Crippen molar-refractivity contribution >= 4 is 27.8 Å². The van der Waals surface area contributed by atoms with E-state index >= 15 is 0 Å². The summed E-state index contributed by atoms with van der Waals surface area (Å²) in [7, 11) is 0. The maximum atomic E-state index is 12.5. The maximum absolute atomic E-state index is 12.5. The number of nitrogens with zero attached hydrogens (tertiary/aromatic N) is 1. The maximum Gasteiger partial charge on any atom is 0.306 e. The average Bonchev–Trinajstić information content (AvgIpc) is 2.53. The molecule has 6 heteroatoms. The number of benzene rings is 1. The molecule has 5 nitrogen and oxygen atoms in total. The van der Waals surface area contributed by atoms with Crippen molar-refractivity contribution in [2.75, 3.05) is 19.7 Å². The summed E-state index contributed by atoms with van der Waals surface area (Å²) in [6, 6.07) is 5.32. The van der Waals surface area contributed by atoms with E-state index in [1.807, 2.05) is 0 Å². The molecular weight excluding hydrogens is 362 g/mol. The molecule has 23 heavy (non-hydrogen) atoms. The Labute approximate surface area is 144 Å². The monoisotopic (exact) mass is 383 g/mol. The number of halogens is 1. The molecule has 1 aliphatic rings. The van der Waals surface area contributed by atoms with Crippen LogP contribution in [0.25, 0.3) is 0 Å². The summed E-state index contributed by atoms with van der Waals surface area (Å²) in [5.74, 6) is -0.0207. The molecule has 0 spiro atoms. The SMILES string of the molecule is CC(C)COc1ccc(C(=O)N2CCC(C(=O)O)CC2)cc1Br. The van der Waals surface area contributed by atoms with Gasteiger partial charge in [-0.05, 0) is 52.9 Å². The zero-order valence-electron chi connectivity index (χ0n) is 13.4. The van der Waals surface area contributed by atoms with Gasteiger partial charge in [-0.3, -0.25) is 9.59 Å². The van der Waals surface area contributed by atoms with Crippen LogP contribution in [-0.2, 0) is 4.79 Å². The molecule has 1 N–H and O–H groups in total. The van der Waals surface area contributed by atoms with Gasteiger partial charge in [0.15, 0.2) is 0 Å². The van der Waals surface area contributed by atoms with E-state index in [1.165, 1.54) is 0 Å². The number of aliphatic carboxylic acids is 1. The van der Waals surface area contributed by atoms with Gasteiger partial charge in [0.25, 0.3) is 5.91 Å². The molecule has 1 aromatic carbocycles. The van der Waals surface area contributed by atoms with E-state index in [1.54, 1.807) is 23.1 Å². The number of rotatable bonds is 5. The fourth-order valence-corrected chi connectivity index (χ4v) is 3.01. The van der Waals surface area contributed by atoms with Crippen LogP contribution in [0.3, 0.4) is 0 Å². The lowest BCUT2D eigenvalue weighted by molar-refractivity contribution is -0.143. The van der Waals surface area contributed by atoms with Crippen molar-refractivity contribution in [3.63, 3.8) is 0 Å². The van der Waals surface area contributed by atoms with Gasteiger partial charge in [-0.2, -0.15) is 0 Å². The molecule has 1 aliphatic heterocycles. The minimum atomic E-state index is -0.772. The minimum Gasteiger partial charge on any atom is -0.492 e. The highest BCUT2D eigenvalue weighted by Crippen LogP contribution is 2.28. The molecule has 1 amide bonds. The molecule has 1 heterocycles. The first-order valence-electron chi connectivity index (χ1n) is 7.83. The van der Waals surface area contributed by atoms with Crippen LogP contribution in [0.5, 0.6) is 5.75 Å². The van der Waals surface area contributed by atoms with Crippen LogP contribution in [0, 0.1) is 11.8 Å². The van der Waals surface area contributed by atoms with Crippen molar-refractivity contribution in [1.82, 2.24) is 4.90 Å². The highest BCUT2D eigenvalue weighted by molar-refractivity contribution is 9.10. The topological polar surface area (TPSA) is 66.8 Å². The first-order valence-corrected chi connectivity index (χ1v) is 8.62. The van der Waals surface area contributed by atoms with Gasteiger partial charge in [-0.1, -0.05) is 13.8 Å². The van der Waals surface area contributed by atoms with Gasteiger partial charge in [0.1, 0.15) is 5.75 Å². The van der Waals surface area contributed by atoms with Crippen molar-refractivity contribution < 1.29 is 19.4 Å². The van der Waals surface area contributed by atoms with E-state index < -0.39 is 5.97 Å². The van der Waals surface area contributed by atoms with Crippen LogP contribution in [-0.4, -0.2) is 41.6 Å². The van der Waals surface area contributed by atoms with Crippen LogP contribution in [0.1, 0.15) is 37.0 Å². The molecule has 0 unspecified atom stereocenters. The standard InChI is InChI=1S/C17H22BrNO4/c1-11(2)10-23-15-4-3-13(9-14(15)18)16(20)19-7-5-12(6-8-19)17(21)22/h3-4,9,11-12H,5-8,10H2,1-2H3,(H,21,22). The van der Waals surface area contributed by atoms with E-state index in [0.717, 1.165) is 10.2 Å². The van der Waals surface area contributed by atoms with Gasteiger partial charge >= 0.3 is 5.97 Å². The quantitative estimate of drug-likeness (QED) is 0.845. The van der Waals surface area contributed by atoms with E-state index in [9.17, 15) is 9.59 Å². The summed E-state index contributed by atoms with van der Waals surface area (Å²) in [6.45, 7) is 5.74. The number of hydrogen-bond donors (Lipinski definition) is 1. The molecule has 2 rings (SSSR count). The molecule has 0 atom stereocenters. The minimum absolute atomic E-state index is 0.0649. The summed E-state index contributed by atoms with van der Waals surface area (Å²) < 4.78 is 6.44. The number of carbonyl (C=O) groups is 2. The van der Waals surface area contributed by atoms with E-state index in [0.29, 0.717) is 44.0 Å². The third-order valence-corrected chi connectivity index (χ3v) is 4.50. The first kappa shape index (κ1) is 17.8. The number of ether oxygens (including phenoxy) is 1. The second-order valence-corrected chi connectivity index (χ2v) is 7.11. The zero-order chi connectivity index (χ0) is 17.0. The third kappa shape index (κ3) is 4.70. The van der Waals surface area contributed by atoms with Gasteiger partial charge in [0, 0.05) is 18.7 Å². The summed E-state index contributed by atoms with van der Waals surface area (Å²) in [5.41, 5.74) is 0.586. The zero-order valence-corrected chi connectivity index (χ0v) is 15.0. The number of hydrogen-bond acceptors (Lipinski definition) is 3. The molecule has 0 aromatic heterocycles. The van der Waals surface area contributed by atoms with Crippen LogP contribution in [0.4, 0.5) is 0 Å². The van der Waals surface area contributed by atoms with Crippen LogP contribution >= 0.6 is 15.9 Å². The second kappa shape index (κ2) is 7.81. The van der Waals surface area contributed by atoms with Crippen molar-refractivity contribution in [1.29, 1.82) is 0 Å². The second-order valence-electron chi connectivity index (χ2n) is 6.25. The molecule has 0 saturated carbocycles. The van der Waals surface area contributed by atoms with Gasteiger partial charge in [-0.15, -0.1) is 0 Å². The summed E-state index contributed by atoms with van der Waals surface area (Å²) in [5, 5.41) is 9.01. The number of likely N-dealkylation sites (tertiary alicyclic amines) is 1. The van der Waals surface area contributed by atoms with Gasteiger partial charge in [0.2, 0.25) is 0 Å². The van der Waals surface area contributed by atoms with Crippen LogP contribution in [0.15, 0.2) is 22.7 Å². The Morgan fingerprint density at radius 2 is 2.00 bits per heavy atom. The third-order valence-electron chi connectivity index (χ3n) is 3.88. The van der Waals surface area contributed by atoms with Crippen molar-refractivity contribution in [3.05, 3.63) is 28.2 Å². The number of carbonyl (C=O) groups excluding carboxylic acids is 1. The fourth-order valence-electron chi connectivity index (χ4n) is 2.52. The van der Waals surface area contributed by atoms with Crippen molar-refractivity contribution in [2.24, 2.45) is 11.8 Å². The number of carboxylic acids is 1. The Morgan fingerprint density at radius 1 is 1.35 bits per heavy atom. The van der Waals surface area contributed by atoms with Gasteiger partial charge in [0.05, 0.1) is 17.0 Å². The Kier molecular flexibility index (Phi) is 6.04. The lowest BCUT2D eigenvalue weighted by atomic mass is 9.96. The number of piperidine rings is 1. The molecular formula is C17H22BrNO4. The normalized spacial score (nSPS) is 15.7. The molecule has 126 valence electrons. The molecule has 0 radical (unpaired) electrons. The average molecular weight is 384 g/mol. The molecule has 1 fully saturated rings. The van der Waals surface area contributed by atoms with Crippen LogP contribution in [0.2, 0.25) is 0 Å². The highest BCUT2D eigenvalue weighted by Gasteiger charge is 2.27. The molecule has 0 bridgehead atoms. The lowest BCUT2D eigenvalue weighted by Crippen LogP contribution is -2.40. The highest BCUT2D eigenvalue weighted by atomic mass is 79.9. The Hall–Kier alpha value is -1.56. The first-order chi connectivity index (χ1) is 10.9. The number of carboxylic acid groups (broad SMARTS) is 1. The van der Waals surface area contributed by atoms with Crippen molar-refractivity contribution in [2.45, 2.75) is 26.7 Å². The largest absolute Gasteiger partial charge is 0.492 e. The van der Waals surface area contributed by atoms with Gasteiger partial charge in [-0.25, -0.2) is 0 Å². The van der Waals surface area contributed by atoms with E-state index in [-0.39, 0.29) is 11.8 Å². The smallest absolute Gasteiger partial charge is 0.306 e.